The largest absolute Gasteiger partial charge is 0.306 e. The summed E-state index contributed by atoms with van der Waals surface area (Å²) in [5, 5.41) is 8.02. The van der Waals surface area contributed by atoms with Gasteiger partial charge in [0.25, 0.3) is 0 Å². The Balaban J connectivity index is 2.02. The lowest BCUT2D eigenvalue weighted by molar-refractivity contribution is 0.572. The Labute approximate surface area is 123 Å². The van der Waals surface area contributed by atoms with Gasteiger partial charge in [0, 0.05) is 35.9 Å². The molecule has 1 aromatic heterocycles. The van der Waals surface area contributed by atoms with Gasteiger partial charge in [-0.2, -0.15) is 5.10 Å². The van der Waals surface area contributed by atoms with Gasteiger partial charge in [-0.05, 0) is 31.0 Å². The monoisotopic (exact) mass is 321 g/mol. The maximum Gasteiger partial charge on any atom is 0.0666 e. The van der Waals surface area contributed by atoms with Crippen LogP contribution in [0.2, 0.25) is 0 Å². The standard InChI is InChI=1S/C15H20BrN3/c1-4-15-13(10-19(3)18-15)9-17-11(2)12-6-5-7-14(16)8-12/h5-8,10-11,17H,4,9H2,1-3H3/t11-/m0/s1. The predicted octanol–water partition coefficient (Wildman–Crippen LogP) is 3.60. The average molecular weight is 322 g/mol. The Kier molecular flexibility index (Phi) is 4.77. The van der Waals surface area contributed by atoms with Crippen molar-refractivity contribution in [2.45, 2.75) is 32.9 Å². The lowest BCUT2D eigenvalue weighted by atomic mass is 10.1. The van der Waals surface area contributed by atoms with Crippen LogP contribution in [-0.4, -0.2) is 9.78 Å². The summed E-state index contributed by atoms with van der Waals surface area (Å²) < 4.78 is 3.01. The highest BCUT2D eigenvalue weighted by Gasteiger charge is 2.09. The van der Waals surface area contributed by atoms with Gasteiger partial charge in [0.05, 0.1) is 5.69 Å². The first-order valence-corrected chi connectivity index (χ1v) is 7.39. The summed E-state index contributed by atoms with van der Waals surface area (Å²) in [7, 11) is 1.97. The van der Waals surface area contributed by atoms with Gasteiger partial charge in [-0.1, -0.05) is 35.0 Å². The van der Waals surface area contributed by atoms with E-state index in [-0.39, 0.29) is 0 Å². The number of nitrogens with one attached hydrogen (secondary N) is 1. The average Bonchev–Trinajstić information content (AvgIpc) is 2.76. The van der Waals surface area contributed by atoms with Crippen molar-refractivity contribution in [1.29, 1.82) is 0 Å². The zero-order chi connectivity index (χ0) is 13.8. The Hall–Kier alpha value is -1.13. The summed E-state index contributed by atoms with van der Waals surface area (Å²) in [4.78, 5) is 0. The number of hydrogen-bond acceptors (Lipinski definition) is 2. The van der Waals surface area contributed by atoms with Gasteiger partial charge in [0.15, 0.2) is 0 Å². The molecule has 2 rings (SSSR count). The van der Waals surface area contributed by atoms with Crippen molar-refractivity contribution < 1.29 is 0 Å². The molecule has 1 heterocycles. The number of aromatic nitrogens is 2. The van der Waals surface area contributed by atoms with E-state index in [4.69, 9.17) is 0 Å². The van der Waals surface area contributed by atoms with Crippen molar-refractivity contribution in [3.63, 3.8) is 0 Å². The van der Waals surface area contributed by atoms with Crippen molar-refractivity contribution in [3.05, 3.63) is 51.8 Å². The van der Waals surface area contributed by atoms with Gasteiger partial charge in [0.1, 0.15) is 0 Å². The Morgan fingerprint density at radius 2 is 2.21 bits per heavy atom. The maximum atomic E-state index is 4.46. The van der Waals surface area contributed by atoms with E-state index in [2.05, 4.69) is 64.6 Å². The summed E-state index contributed by atoms with van der Waals surface area (Å²) >= 11 is 3.51. The van der Waals surface area contributed by atoms with Gasteiger partial charge in [-0.25, -0.2) is 0 Å². The van der Waals surface area contributed by atoms with Gasteiger partial charge >= 0.3 is 0 Å². The molecule has 1 N–H and O–H groups in total. The van der Waals surface area contributed by atoms with E-state index in [0.717, 1.165) is 17.4 Å². The Morgan fingerprint density at radius 1 is 1.42 bits per heavy atom. The van der Waals surface area contributed by atoms with E-state index >= 15 is 0 Å². The van der Waals surface area contributed by atoms with E-state index in [1.165, 1.54) is 16.8 Å². The van der Waals surface area contributed by atoms with Crippen LogP contribution in [0.4, 0.5) is 0 Å². The molecule has 2 aromatic rings. The lowest BCUT2D eigenvalue weighted by Crippen LogP contribution is -2.18. The molecule has 0 radical (unpaired) electrons. The summed E-state index contributed by atoms with van der Waals surface area (Å²) in [5.74, 6) is 0. The van der Waals surface area contributed by atoms with Crippen molar-refractivity contribution in [1.82, 2.24) is 15.1 Å². The van der Waals surface area contributed by atoms with Gasteiger partial charge in [-0.3, -0.25) is 4.68 Å². The van der Waals surface area contributed by atoms with Crippen molar-refractivity contribution in [2.24, 2.45) is 7.05 Å². The maximum absolute atomic E-state index is 4.46. The van der Waals surface area contributed by atoms with Crippen molar-refractivity contribution >= 4 is 15.9 Å². The molecule has 0 aliphatic heterocycles. The van der Waals surface area contributed by atoms with E-state index in [9.17, 15) is 0 Å². The number of benzene rings is 1. The fourth-order valence-corrected chi connectivity index (χ4v) is 2.60. The summed E-state index contributed by atoms with van der Waals surface area (Å²) in [6, 6.07) is 8.74. The summed E-state index contributed by atoms with van der Waals surface area (Å²) in [5.41, 5.74) is 3.75. The molecule has 0 bridgehead atoms. The molecule has 0 saturated carbocycles. The molecule has 0 fully saturated rings. The SMILES string of the molecule is CCc1nn(C)cc1CN[C@@H](C)c1cccc(Br)c1. The molecule has 0 saturated heterocycles. The zero-order valence-corrected chi connectivity index (χ0v) is 13.2. The number of aryl methyl sites for hydroxylation is 2. The van der Waals surface area contributed by atoms with Gasteiger partial charge in [0.2, 0.25) is 0 Å². The quantitative estimate of drug-likeness (QED) is 0.911. The van der Waals surface area contributed by atoms with E-state index in [1.807, 2.05) is 17.8 Å². The normalized spacial score (nSPS) is 12.6. The Morgan fingerprint density at radius 3 is 2.89 bits per heavy atom. The molecular weight excluding hydrogens is 302 g/mol. The first kappa shape index (κ1) is 14.3. The minimum Gasteiger partial charge on any atom is -0.306 e. The zero-order valence-electron chi connectivity index (χ0n) is 11.7. The van der Waals surface area contributed by atoms with Crippen LogP contribution in [-0.2, 0) is 20.0 Å². The van der Waals surface area contributed by atoms with Crippen LogP contribution in [0.5, 0.6) is 0 Å². The molecule has 4 heteroatoms. The predicted molar refractivity (Wildman–Crippen MR) is 82.0 cm³/mol. The fourth-order valence-electron chi connectivity index (χ4n) is 2.19. The lowest BCUT2D eigenvalue weighted by Gasteiger charge is -2.14. The second-order valence-electron chi connectivity index (χ2n) is 4.79. The van der Waals surface area contributed by atoms with E-state index in [1.54, 1.807) is 0 Å². The highest BCUT2D eigenvalue weighted by Crippen LogP contribution is 2.18. The summed E-state index contributed by atoms with van der Waals surface area (Å²) in [6.07, 6.45) is 3.07. The molecule has 0 spiro atoms. The van der Waals surface area contributed by atoms with Crippen LogP contribution < -0.4 is 5.32 Å². The van der Waals surface area contributed by atoms with Crippen molar-refractivity contribution in [3.8, 4) is 0 Å². The molecule has 1 atom stereocenters. The topological polar surface area (TPSA) is 29.9 Å². The Bertz CT molecular complexity index is 548. The first-order valence-electron chi connectivity index (χ1n) is 6.60. The van der Waals surface area contributed by atoms with Crippen LogP contribution in [0.1, 0.15) is 36.7 Å². The minimum absolute atomic E-state index is 0.322. The molecule has 0 aliphatic rings. The molecule has 102 valence electrons. The molecule has 3 nitrogen and oxygen atoms in total. The molecule has 0 aliphatic carbocycles. The second-order valence-corrected chi connectivity index (χ2v) is 5.70. The third kappa shape index (κ3) is 3.67. The smallest absolute Gasteiger partial charge is 0.0666 e. The highest BCUT2D eigenvalue weighted by atomic mass is 79.9. The van der Waals surface area contributed by atoms with Gasteiger partial charge in [-0.15, -0.1) is 0 Å². The molecule has 19 heavy (non-hydrogen) atoms. The molecular formula is C15H20BrN3. The van der Waals surface area contributed by atoms with E-state index in [0.29, 0.717) is 6.04 Å². The van der Waals surface area contributed by atoms with Crippen LogP contribution >= 0.6 is 15.9 Å². The van der Waals surface area contributed by atoms with Crippen LogP contribution in [0.3, 0.4) is 0 Å². The van der Waals surface area contributed by atoms with Crippen LogP contribution in [0.15, 0.2) is 34.9 Å². The third-order valence-electron chi connectivity index (χ3n) is 3.27. The second kappa shape index (κ2) is 6.35. The van der Waals surface area contributed by atoms with Crippen LogP contribution in [0.25, 0.3) is 0 Å². The number of halogens is 1. The van der Waals surface area contributed by atoms with Crippen molar-refractivity contribution in [2.75, 3.05) is 0 Å². The highest BCUT2D eigenvalue weighted by molar-refractivity contribution is 9.10. The number of rotatable bonds is 5. The first-order chi connectivity index (χ1) is 9.10. The van der Waals surface area contributed by atoms with Crippen LogP contribution in [0, 0.1) is 0 Å². The molecule has 0 amide bonds. The third-order valence-corrected chi connectivity index (χ3v) is 3.77. The number of hydrogen-bond donors (Lipinski definition) is 1. The minimum atomic E-state index is 0.322. The summed E-state index contributed by atoms with van der Waals surface area (Å²) in [6.45, 7) is 5.18. The molecule has 1 aromatic carbocycles. The fraction of sp³-hybridized carbons (Fsp3) is 0.400. The number of nitrogens with zero attached hydrogens (tertiary/aromatic N) is 2. The van der Waals surface area contributed by atoms with E-state index < -0.39 is 0 Å². The van der Waals surface area contributed by atoms with Gasteiger partial charge < -0.3 is 5.32 Å². The molecule has 0 unspecified atom stereocenters.